The van der Waals surface area contributed by atoms with E-state index in [0.717, 1.165) is 17.1 Å². The van der Waals surface area contributed by atoms with E-state index < -0.39 is 0 Å². The van der Waals surface area contributed by atoms with Crippen molar-refractivity contribution in [2.75, 3.05) is 0 Å². The molecule has 5 heteroatoms. The Hall–Kier alpha value is -1.00. The van der Waals surface area contributed by atoms with Crippen LogP contribution in [-0.4, -0.2) is 0 Å². The minimum Gasteiger partial charge on any atom is -0.465 e. The second-order valence-corrected chi connectivity index (χ2v) is 4.95. The Morgan fingerprint density at radius 2 is 2.06 bits per heavy atom. The molecule has 1 atom stereocenters. The van der Waals surface area contributed by atoms with Crippen molar-refractivity contribution in [3.8, 4) is 0 Å². The summed E-state index contributed by atoms with van der Waals surface area (Å²) >= 11 is 12.1. The van der Waals surface area contributed by atoms with E-state index in [2.05, 4.69) is 5.43 Å². The van der Waals surface area contributed by atoms with Crippen LogP contribution in [-0.2, 0) is 6.42 Å². The number of nitrogens with one attached hydrogen (secondary N) is 1. The molecule has 0 saturated carbocycles. The topological polar surface area (TPSA) is 51.2 Å². The molecule has 0 aliphatic rings. The maximum absolute atomic E-state index is 6.13. The summed E-state index contributed by atoms with van der Waals surface area (Å²) in [5.41, 5.74) is 3.66. The predicted molar refractivity (Wildman–Crippen MR) is 73.7 cm³/mol. The Balaban J connectivity index is 2.22. The first-order valence-electron chi connectivity index (χ1n) is 5.56. The molecule has 0 radical (unpaired) electrons. The Morgan fingerprint density at radius 3 is 2.67 bits per heavy atom. The molecule has 18 heavy (non-hydrogen) atoms. The van der Waals surface area contributed by atoms with Gasteiger partial charge in [0.15, 0.2) is 0 Å². The minimum absolute atomic E-state index is 0.130. The van der Waals surface area contributed by atoms with Crippen molar-refractivity contribution in [3.63, 3.8) is 0 Å². The molecule has 0 amide bonds. The molecule has 3 nitrogen and oxygen atoms in total. The Kier molecular flexibility index (Phi) is 4.30. The molecular formula is C13H14Cl2N2O. The normalized spacial score (nSPS) is 12.7. The fraction of sp³-hybridized carbons (Fsp3) is 0.231. The highest BCUT2D eigenvalue weighted by Crippen LogP contribution is 2.26. The third kappa shape index (κ3) is 3.06. The molecule has 1 heterocycles. The van der Waals surface area contributed by atoms with Crippen LogP contribution in [0.1, 0.15) is 23.1 Å². The number of furan rings is 1. The van der Waals surface area contributed by atoms with E-state index in [1.165, 1.54) is 0 Å². The molecule has 3 N–H and O–H groups in total. The second kappa shape index (κ2) is 5.76. The molecule has 2 aromatic rings. The van der Waals surface area contributed by atoms with Crippen LogP contribution >= 0.6 is 23.2 Å². The van der Waals surface area contributed by atoms with Gasteiger partial charge >= 0.3 is 0 Å². The molecule has 0 aliphatic heterocycles. The van der Waals surface area contributed by atoms with Crippen molar-refractivity contribution < 1.29 is 4.42 Å². The lowest BCUT2D eigenvalue weighted by atomic mass is 10.0. The van der Waals surface area contributed by atoms with Crippen LogP contribution in [0.3, 0.4) is 0 Å². The van der Waals surface area contributed by atoms with Crippen LogP contribution in [0.15, 0.2) is 34.7 Å². The number of rotatable bonds is 4. The molecular weight excluding hydrogens is 271 g/mol. The van der Waals surface area contributed by atoms with Gasteiger partial charge in [0.2, 0.25) is 0 Å². The average molecular weight is 285 g/mol. The summed E-state index contributed by atoms with van der Waals surface area (Å²) in [4.78, 5) is 0. The molecule has 1 aromatic carbocycles. The van der Waals surface area contributed by atoms with Crippen molar-refractivity contribution in [1.29, 1.82) is 0 Å². The third-order valence-corrected chi connectivity index (χ3v) is 3.34. The lowest BCUT2D eigenvalue weighted by molar-refractivity contribution is 0.403. The van der Waals surface area contributed by atoms with Gasteiger partial charge in [-0.05, 0) is 49.2 Å². The zero-order chi connectivity index (χ0) is 13.1. The van der Waals surface area contributed by atoms with Crippen molar-refractivity contribution in [2.24, 2.45) is 5.84 Å². The summed E-state index contributed by atoms with van der Waals surface area (Å²) in [6, 6.07) is 9.05. The molecule has 1 unspecified atom stereocenters. The number of hydrazine groups is 1. The van der Waals surface area contributed by atoms with Gasteiger partial charge in [0, 0.05) is 10.0 Å². The summed E-state index contributed by atoms with van der Waals surface area (Å²) in [7, 11) is 0. The van der Waals surface area contributed by atoms with Gasteiger partial charge in [-0.3, -0.25) is 5.84 Å². The van der Waals surface area contributed by atoms with Crippen LogP contribution in [0, 0.1) is 6.92 Å². The predicted octanol–water partition coefficient (Wildman–Crippen LogP) is 3.64. The fourth-order valence-corrected chi connectivity index (χ4v) is 2.19. The van der Waals surface area contributed by atoms with E-state index in [1.54, 1.807) is 12.1 Å². The van der Waals surface area contributed by atoms with E-state index in [-0.39, 0.29) is 6.04 Å². The third-order valence-electron chi connectivity index (χ3n) is 2.74. The molecule has 1 aromatic heterocycles. The highest BCUT2D eigenvalue weighted by Gasteiger charge is 2.16. The summed E-state index contributed by atoms with van der Waals surface area (Å²) in [6.45, 7) is 1.89. The lowest BCUT2D eigenvalue weighted by Crippen LogP contribution is -2.29. The number of hydrogen-bond donors (Lipinski definition) is 2. The molecule has 96 valence electrons. The van der Waals surface area contributed by atoms with Gasteiger partial charge in [-0.2, -0.15) is 0 Å². The number of benzene rings is 1. The second-order valence-electron chi connectivity index (χ2n) is 4.11. The summed E-state index contributed by atoms with van der Waals surface area (Å²) in [5.74, 6) is 7.20. The smallest absolute Gasteiger partial charge is 0.122 e. The molecule has 0 spiro atoms. The van der Waals surface area contributed by atoms with E-state index in [9.17, 15) is 0 Å². The fourth-order valence-electron chi connectivity index (χ4n) is 1.80. The summed E-state index contributed by atoms with van der Waals surface area (Å²) in [6.07, 6.45) is 0.614. The van der Waals surface area contributed by atoms with E-state index in [4.69, 9.17) is 33.5 Å². The molecule has 0 bridgehead atoms. The highest BCUT2D eigenvalue weighted by atomic mass is 35.5. The van der Waals surface area contributed by atoms with E-state index in [0.29, 0.717) is 16.5 Å². The average Bonchev–Trinajstić information content (AvgIpc) is 2.77. The molecule has 0 fully saturated rings. The standard InChI is InChI=1S/C13H14Cl2N2O/c1-8-2-5-13(18-8)12(17-16)7-9-6-10(14)3-4-11(9)15/h2-6,12,17H,7,16H2,1H3. The van der Waals surface area contributed by atoms with Crippen LogP contribution in [0.25, 0.3) is 0 Å². The van der Waals surface area contributed by atoms with Gasteiger partial charge in [-0.15, -0.1) is 0 Å². The Morgan fingerprint density at radius 1 is 1.28 bits per heavy atom. The summed E-state index contributed by atoms with van der Waals surface area (Å²) in [5, 5.41) is 1.32. The number of aryl methyl sites for hydroxylation is 1. The first kappa shape index (κ1) is 13.4. The van der Waals surface area contributed by atoms with Gasteiger partial charge in [0.05, 0.1) is 6.04 Å². The van der Waals surface area contributed by atoms with E-state index in [1.807, 2.05) is 25.1 Å². The number of halogens is 2. The Labute approximate surface area is 116 Å². The van der Waals surface area contributed by atoms with Gasteiger partial charge in [-0.25, -0.2) is 5.43 Å². The van der Waals surface area contributed by atoms with Crippen molar-refractivity contribution >= 4 is 23.2 Å². The van der Waals surface area contributed by atoms with Crippen LogP contribution < -0.4 is 11.3 Å². The molecule has 2 rings (SSSR count). The van der Waals surface area contributed by atoms with Crippen molar-refractivity contribution in [1.82, 2.24) is 5.43 Å². The summed E-state index contributed by atoms with van der Waals surface area (Å²) < 4.78 is 5.56. The van der Waals surface area contributed by atoms with Gasteiger partial charge in [0.25, 0.3) is 0 Å². The number of nitrogens with two attached hydrogens (primary N) is 1. The van der Waals surface area contributed by atoms with Crippen LogP contribution in [0.2, 0.25) is 10.0 Å². The zero-order valence-corrected chi connectivity index (χ0v) is 11.4. The molecule has 0 saturated heterocycles. The van der Waals surface area contributed by atoms with Crippen molar-refractivity contribution in [3.05, 3.63) is 57.5 Å². The highest BCUT2D eigenvalue weighted by molar-refractivity contribution is 6.33. The monoisotopic (exact) mass is 284 g/mol. The van der Waals surface area contributed by atoms with Gasteiger partial charge in [0.1, 0.15) is 11.5 Å². The van der Waals surface area contributed by atoms with E-state index >= 15 is 0 Å². The maximum atomic E-state index is 6.13. The number of hydrogen-bond acceptors (Lipinski definition) is 3. The maximum Gasteiger partial charge on any atom is 0.122 e. The zero-order valence-electron chi connectivity index (χ0n) is 9.91. The Bertz CT molecular complexity index is 540. The van der Waals surface area contributed by atoms with Gasteiger partial charge in [-0.1, -0.05) is 23.2 Å². The first-order valence-corrected chi connectivity index (χ1v) is 6.32. The largest absolute Gasteiger partial charge is 0.465 e. The quantitative estimate of drug-likeness (QED) is 0.666. The first-order chi connectivity index (χ1) is 8.60. The minimum atomic E-state index is -0.130. The lowest BCUT2D eigenvalue weighted by Gasteiger charge is -2.14. The van der Waals surface area contributed by atoms with Crippen LogP contribution in [0.4, 0.5) is 0 Å². The molecule has 0 aliphatic carbocycles. The SMILES string of the molecule is Cc1ccc(C(Cc2cc(Cl)ccc2Cl)NN)o1. The van der Waals surface area contributed by atoms with Crippen LogP contribution in [0.5, 0.6) is 0 Å². The van der Waals surface area contributed by atoms with Crippen molar-refractivity contribution in [2.45, 2.75) is 19.4 Å². The van der Waals surface area contributed by atoms with Gasteiger partial charge < -0.3 is 4.42 Å².